The lowest BCUT2D eigenvalue weighted by Gasteiger charge is -2.13. The Labute approximate surface area is 69.8 Å². The predicted octanol–water partition coefficient (Wildman–Crippen LogP) is 2.16. The third kappa shape index (κ3) is 1.25. The first-order chi connectivity index (χ1) is 3.63. The summed E-state index contributed by atoms with van der Waals surface area (Å²) in [6, 6.07) is 0. The molecule has 46 valence electrons. The second-order valence-electron chi connectivity index (χ2n) is 1.65. The van der Waals surface area contributed by atoms with E-state index in [1.54, 1.807) is 6.21 Å². The van der Waals surface area contributed by atoms with E-state index in [1.165, 1.54) is 0 Å². The van der Waals surface area contributed by atoms with E-state index in [2.05, 4.69) is 36.9 Å². The molecule has 1 unspecified atom stereocenters. The van der Waals surface area contributed by atoms with Crippen LogP contribution in [0.25, 0.3) is 0 Å². The van der Waals surface area contributed by atoms with Crippen molar-refractivity contribution >= 4 is 49.7 Å². The Bertz CT molecular complexity index is 123. The lowest BCUT2D eigenvalue weighted by molar-refractivity contribution is 0.948. The number of alkyl halides is 3. The fourth-order valence-electron chi connectivity index (χ4n) is 0.463. The van der Waals surface area contributed by atoms with Crippen LogP contribution in [0.1, 0.15) is 0 Å². The van der Waals surface area contributed by atoms with Crippen LogP contribution in [-0.2, 0) is 0 Å². The third-order valence-electron chi connectivity index (χ3n) is 0.942. The Hall–Kier alpha value is 0.920. The van der Waals surface area contributed by atoms with Gasteiger partial charge in [0.15, 0.2) is 0 Å². The first-order valence-electron chi connectivity index (χ1n) is 2.15. The molecule has 0 radical (unpaired) electrons. The van der Waals surface area contributed by atoms with Gasteiger partial charge in [-0.2, -0.15) is 0 Å². The van der Waals surface area contributed by atoms with Gasteiger partial charge in [0.25, 0.3) is 0 Å². The highest BCUT2D eigenvalue weighted by Crippen LogP contribution is 2.36. The molecular formula is C4H4Br2ClN. The quantitative estimate of drug-likeness (QED) is 0.593. The van der Waals surface area contributed by atoms with Crippen LogP contribution < -0.4 is 0 Å². The third-order valence-corrected chi connectivity index (χ3v) is 3.44. The summed E-state index contributed by atoms with van der Waals surface area (Å²) in [6.07, 6.45) is 1.73. The molecule has 1 aliphatic rings. The first-order valence-corrected chi connectivity index (χ1v) is 4.17. The molecule has 0 amide bonds. The van der Waals surface area contributed by atoms with Crippen molar-refractivity contribution in [1.82, 2.24) is 0 Å². The summed E-state index contributed by atoms with van der Waals surface area (Å²) in [6.45, 7) is 0.709. The van der Waals surface area contributed by atoms with Crippen LogP contribution in [0, 0.1) is 0 Å². The van der Waals surface area contributed by atoms with Crippen molar-refractivity contribution < 1.29 is 0 Å². The Kier molecular flexibility index (Phi) is 2.00. The van der Waals surface area contributed by atoms with E-state index >= 15 is 0 Å². The summed E-state index contributed by atoms with van der Waals surface area (Å²) in [4.78, 5) is 3.97. The van der Waals surface area contributed by atoms with Gasteiger partial charge in [0.2, 0.25) is 0 Å². The Morgan fingerprint density at radius 3 is 2.50 bits per heavy atom. The minimum atomic E-state index is -0.179. The number of nitrogens with zero attached hydrogens (tertiary/aromatic N) is 1. The fourth-order valence-corrected chi connectivity index (χ4v) is 1.14. The molecule has 1 nitrogen and oxygen atoms in total. The number of hydrogen-bond donors (Lipinski definition) is 0. The zero-order valence-electron chi connectivity index (χ0n) is 3.94. The maximum absolute atomic E-state index is 5.76. The summed E-state index contributed by atoms with van der Waals surface area (Å²) in [5.41, 5.74) is 0. The van der Waals surface area contributed by atoms with Crippen molar-refractivity contribution in [2.75, 3.05) is 6.54 Å². The predicted molar refractivity (Wildman–Crippen MR) is 43.6 cm³/mol. The SMILES string of the molecule is ClC1C=NCC1(Br)Br. The Balaban J connectivity index is 2.64. The molecule has 1 rings (SSSR count). The number of rotatable bonds is 0. The normalized spacial score (nSPS) is 33.6. The van der Waals surface area contributed by atoms with Gasteiger partial charge in [-0.05, 0) is 0 Å². The number of hydrogen-bond acceptors (Lipinski definition) is 1. The van der Waals surface area contributed by atoms with Crippen LogP contribution in [0.3, 0.4) is 0 Å². The van der Waals surface area contributed by atoms with Crippen molar-refractivity contribution in [3.63, 3.8) is 0 Å². The standard InChI is InChI=1S/C4H4Br2ClN/c5-4(6)2-8-1-3(4)7/h1,3H,2H2. The molecule has 4 heteroatoms. The van der Waals surface area contributed by atoms with Crippen molar-refractivity contribution in [1.29, 1.82) is 0 Å². The Morgan fingerprint density at radius 1 is 1.75 bits per heavy atom. The Morgan fingerprint density at radius 2 is 2.38 bits per heavy atom. The highest BCUT2D eigenvalue weighted by Gasteiger charge is 2.34. The smallest absolute Gasteiger partial charge is 0.121 e. The van der Waals surface area contributed by atoms with E-state index in [-0.39, 0.29) is 8.61 Å². The van der Waals surface area contributed by atoms with Crippen molar-refractivity contribution in [3.05, 3.63) is 0 Å². The van der Waals surface area contributed by atoms with Crippen LogP contribution in [0.2, 0.25) is 0 Å². The summed E-state index contributed by atoms with van der Waals surface area (Å²) in [7, 11) is 0. The minimum Gasteiger partial charge on any atom is -0.293 e. The molecule has 0 saturated carbocycles. The first kappa shape index (κ1) is 7.03. The summed E-state index contributed by atoms with van der Waals surface area (Å²) < 4.78 is -0.179. The van der Waals surface area contributed by atoms with E-state index < -0.39 is 0 Å². The molecule has 0 aromatic rings. The van der Waals surface area contributed by atoms with E-state index in [9.17, 15) is 0 Å². The molecule has 1 heterocycles. The van der Waals surface area contributed by atoms with Crippen LogP contribution in [0.15, 0.2) is 4.99 Å². The molecule has 0 aromatic heterocycles. The van der Waals surface area contributed by atoms with E-state index in [4.69, 9.17) is 11.6 Å². The molecule has 0 aromatic carbocycles. The molecule has 0 fully saturated rings. The highest BCUT2D eigenvalue weighted by molar-refractivity contribution is 9.25. The van der Waals surface area contributed by atoms with E-state index in [0.717, 1.165) is 0 Å². The molecule has 1 aliphatic heterocycles. The van der Waals surface area contributed by atoms with Gasteiger partial charge >= 0.3 is 0 Å². The van der Waals surface area contributed by atoms with E-state index in [0.29, 0.717) is 6.54 Å². The van der Waals surface area contributed by atoms with E-state index in [1.807, 2.05) is 0 Å². The van der Waals surface area contributed by atoms with Gasteiger partial charge in [-0.15, -0.1) is 11.6 Å². The number of aliphatic imine (C=N–C) groups is 1. The molecule has 0 spiro atoms. The average Bonchev–Trinajstić information content (AvgIpc) is 1.86. The monoisotopic (exact) mass is 259 g/mol. The van der Waals surface area contributed by atoms with Crippen LogP contribution in [0.5, 0.6) is 0 Å². The van der Waals surface area contributed by atoms with Crippen molar-refractivity contribution in [3.8, 4) is 0 Å². The van der Waals surface area contributed by atoms with Crippen LogP contribution in [0.4, 0.5) is 0 Å². The van der Waals surface area contributed by atoms with Gasteiger partial charge in [-0.1, -0.05) is 31.9 Å². The second kappa shape index (κ2) is 2.27. The summed E-state index contributed by atoms with van der Waals surface area (Å²) in [5, 5.41) is -0.0255. The summed E-state index contributed by atoms with van der Waals surface area (Å²) >= 11 is 12.5. The van der Waals surface area contributed by atoms with Gasteiger partial charge in [0, 0.05) is 6.21 Å². The molecule has 8 heavy (non-hydrogen) atoms. The highest BCUT2D eigenvalue weighted by atomic mass is 79.9. The zero-order chi connectivity index (χ0) is 6.20. The van der Waals surface area contributed by atoms with Crippen molar-refractivity contribution in [2.45, 2.75) is 8.61 Å². The lowest BCUT2D eigenvalue weighted by atomic mass is 10.4. The largest absolute Gasteiger partial charge is 0.293 e. The van der Waals surface area contributed by atoms with Gasteiger partial charge < -0.3 is 0 Å². The zero-order valence-corrected chi connectivity index (χ0v) is 7.87. The van der Waals surface area contributed by atoms with Crippen molar-refractivity contribution in [2.24, 2.45) is 4.99 Å². The summed E-state index contributed by atoms with van der Waals surface area (Å²) in [5.74, 6) is 0. The second-order valence-corrected chi connectivity index (χ2v) is 6.02. The maximum atomic E-state index is 5.76. The van der Waals surface area contributed by atoms with Gasteiger partial charge in [-0.3, -0.25) is 4.99 Å². The average molecular weight is 261 g/mol. The topological polar surface area (TPSA) is 12.4 Å². The minimum absolute atomic E-state index is 0.0255. The molecule has 0 saturated heterocycles. The molecule has 0 aliphatic carbocycles. The van der Waals surface area contributed by atoms with Gasteiger partial charge in [-0.25, -0.2) is 0 Å². The van der Waals surface area contributed by atoms with Gasteiger partial charge in [0.05, 0.1) is 11.9 Å². The molecular weight excluding hydrogens is 257 g/mol. The fraction of sp³-hybridized carbons (Fsp3) is 0.750. The number of halogens is 3. The van der Waals surface area contributed by atoms with Crippen LogP contribution >= 0.6 is 43.5 Å². The molecule has 0 bridgehead atoms. The maximum Gasteiger partial charge on any atom is 0.121 e. The molecule has 0 N–H and O–H groups in total. The molecule has 1 atom stereocenters. The lowest BCUT2D eigenvalue weighted by Crippen LogP contribution is -2.23. The van der Waals surface area contributed by atoms with Gasteiger partial charge in [0.1, 0.15) is 3.23 Å². The van der Waals surface area contributed by atoms with Crippen LogP contribution in [-0.4, -0.2) is 21.4 Å².